The van der Waals surface area contributed by atoms with Crippen molar-refractivity contribution >= 4 is 10.0 Å². The molecule has 1 saturated heterocycles. The fraction of sp³-hybridized carbons (Fsp3) is 0.684. The lowest BCUT2D eigenvalue weighted by Gasteiger charge is -2.46. The molecule has 1 aliphatic heterocycles. The van der Waals surface area contributed by atoms with E-state index in [0.29, 0.717) is 24.7 Å². The first kappa shape index (κ1) is 21.0. The zero-order valence-electron chi connectivity index (χ0n) is 16.7. The highest BCUT2D eigenvalue weighted by atomic mass is 32.2. The van der Waals surface area contributed by atoms with Gasteiger partial charge in [0.25, 0.3) is 0 Å². The Labute approximate surface area is 157 Å². The van der Waals surface area contributed by atoms with Crippen LogP contribution in [0.3, 0.4) is 0 Å². The number of sulfonamides is 1. The van der Waals surface area contributed by atoms with E-state index >= 15 is 0 Å². The molecule has 1 aliphatic rings. The Morgan fingerprint density at radius 1 is 1.08 bits per heavy atom. The third-order valence-electron chi connectivity index (χ3n) is 4.33. The van der Waals surface area contributed by atoms with Gasteiger partial charge in [0, 0.05) is 23.2 Å². The largest absolute Gasteiger partial charge is 0.494 e. The summed E-state index contributed by atoms with van der Waals surface area (Å²) >= 11 is 0. The van der Waals surface area contributed by atoms with Gasteiger partial charge < -0.3 is 14.8 Å². The van der Waals surface area contributed by atoms with E-state index in [1.54, 1.807) is 18.2 Å². The fourth-order valence-electron chi connectivity index (χ4n) is 3.92. The van der Waals surface area contributed by atoms with Gasteiger partial charge in [-0.1, -0.05) is 0 Å². The molecule has 7 heteroatoms. The topological polar surface area (TPSA) is 76.7 Å². The molecular weight excluding hydrogens is 352 g/mol. The monoisotopic (exact) mass is 384 g/mol. The molecule has 0 spiro atoms. The van der Waals surface area contributed by atoms with Gasteiger partial charge in [-0.15, -0.1) is 0 Å². The summed E-state index contributed by atoms with van der Waals surface area (Å²) in [6.45, 7) is 13.0. The first-order chi connectivity index (χ1) is 12.0. The van der Waals surface area contributed by atoms with E-state index < -0.39 is 10.0 Å². The summed E-state index contributed by atoms with van der Waals surface area (Å²) in [5, 5.41) is 3.56. The van der Waals surface area contributed by atoms with E-state index in [9.17, 15) is 8.42 Å². The Morgan fingerprint density at radius 2 is 1.65 bits per heavy atom. The highest BCUT2D eigenvalue weighted by molar-refractivity contribution is 7.89. The molecule has 2 rings (SSSR count). The average Bonchev–Trinajstić information content (AvgIpc) is 2.43. The van der Waals surface area contributed by atoms with Crippen molar-refractivity contribution in [3.05, 3.63) is 18.2 Å². The van der Waals surface area contributed by atoms with E-state index in [-0.39, 0.29) is 22.0 Å². The molecule has 6 nitrogen and oxygen atoms in total. The van der Waals surface area contributed by atoms with E-state index in [2.05, 4.69) is 37.7 Å². The van der Waals surface area contributed by atoms with Gasteiger partial charge >= 0.3 is 0 Å². The van der Waals surface area contributed by atoms with E-state index in [1.165, 1.54) is 0 Å². The SMILES string of the molecule is CCOc1ccc(S(=O)(=O)NC2CC(C)(C)NC(C)(C)C2)c(OCC)c1. The minimum absolute atomic E-state index is 0.142. The second-order valence-corrected chi connectivity index (χ2v) is 9.78. The molecule has 0 unspecified atom stereocenters. The van der Waals surface area contributed by atoms with Crippen molar-refractivity contribution in [2.24, 2.45) is 0 Å². The molecule has 1 aromatic carbocycles. The number of rotatable bonds is 7. The summed E-state index contributed by atoms with van der Waals surface area (Å²) in [5.41, 5.74) is -0.285. The zero-order valence-corrected chi connectivity index (χ0v) is 17.5. The van der Waals surface area contributed by atoms with Gasteiger partial charge in [-0.05, 0) is 66.5 Å². The van der Waals surface area contributed by atoms with Gasteiger partial charge in [0.15, 0.2) is 0 Å². The standard InChI is InChI=1S/C19H32N2O4S/c1-7-24-15-9-10-17(16(11-15)25-8-2)26(22,23)20-14-12-18(3,4)21-19(5,6)13-14/h9-11,14,20-21H,7-8,12-13H2,1-6H3. The van der Waals surface area contributed by atoms with Gasteiger partial charge in [-0.2, -0.15) is 0 Å². The maximum Gasteiger partial charge on any atom is 0.244 e. The summed E-state index contributed by atoms with van der Waals surface area (Å²) in [4.78, 5) is 0.150. The Kier molecular flexibility index (Phi) is 6.25. The van der Waals surface area contributed by atoms with E-state index in [4.69, 9.17) is 9.47 Å². The van der Waals surface area contributed by atoms with E-state index in [0.717, 1.165) is 12.8 Å². The molecule has 0 atom stereocenters. The van der Waals surface area contributed by atoms with Crippen molar-refractivity contribution in [2.75, 3.05) is 13.2 Å². The van der Waals surface area contributed by atoms with Crippen LogP contribution in [0.15, 0.2) is 23.1 Å². The number of piperidine rings is 1. The lowest BCUT2D eigenvalue weighted by molar-refractivity contribution is 0.157. The van der Waals surface area contributed by atoms with Crippen molar-refractivity contribution < 1.29 is 17.9 Å². The van der Waals surface area contributed by atoms with Crippen LogP contribution < -0.4 is 19.5 Å². The molecule has 1 heterocycles. The summed E-state index contributed by atoms with van der Waals surface area (Å²) in [7, 11) is -3.70. The summed E-state index contributed by atoms with van der Waals surface area (Å²) < 4.78 is 40.0. The first-order valence-corrected chi connectivity index (χ1v) is 10.7. The van der Waals surface area contributed by atoms with Crippen LogP contribution in [0, 0.1) is 0 Å². The van der Waals surface area contributed by atoms with Gasteiger partial charge in [-0.25, -0.2) is 13.1 Å². The molecule has 0 aromatic heterocycles. The predicted octanol–water partition coefficient (Wildman–Crippen LogP) is 3.07. The summed E-state index contributed by atoms with van der Waals surface area (Å²) in [5.74, 6) is 0.914. The number of hydrogen-bond donors (Lipinski definition) is 2. The quantitative estimate of drug-likeness (QED) is 0.755. The van der Waals surface area contributed by atoms with Crippen LogP contribution in [0.5, 0.6) is 11.5 Å². The molecule has 0 amide bonds. The maximum absolute atomic E-state index is 13.0. The number of benzene rings is 1. The minimum atomic E-state index is -3.70. The second-order valence-electron chi connectivity index (χ2n) is 8.09. The Balaban J connectivity index is 2.29. The Bertz CT molecular complexity index is 713. The lowest BCUT2D eigenvalue weighted by atomic mass is 9.80. The molecule has 148 valence electrons. The normalized spacial score (nSPS) is 19.9. The molecule has 1 fully saturated rings. The molecule has 1 aromatic rings. The third kappa shape index (κ3) is 5.34. The van der Waals surface area contributed by atoms with Crippen molar-refractivity contribution in [2.45, 2.75) is 76.4 Å². The highest BCUT2D eigenvalue weighted by Crippen LogP contribution is 2.32. The van der Waals surface area contributed by atoms with Crippen molar-refractivity contribution in [1.29, 1.82) is 0 Å². The van der Waals surface area contributed by atoms with Gasteiger partial charge in [0.1, 0.15) is 16.4 Å². The second kappa shape index (κ2) is 7.74. The zero-order chi connectivity index (χ0) is 19.6. The van der Waals surface area contributed by atoms with Crippen LogP contribution in [0.2, 0.25) is 0 Å². The van der Waals surface area contributed by atoms with Crippen molar-refractivity contribution in [1.82, 2.24) is 10.0 Å². The van der Waals surface area contributed by atoms with E-state index in [1.807, 2.05) is 13.8 Å². The number of hydrogen-bond acceptors (Lipinski definition) is 5. The Hall–Kier alpha value is -1.31. The third-order valence-corrected chi connectivity index (χ3v) is 5.89. The maximum atomic E-state index is 13.0. The number of nitrogens with one attached hydrogen (secondary N) is 2. The summed E-state index contributed by atoms with van der Waals surface area (Å²) in [6.07, 6.45) is 1.44. The molecule has 0 aliphatic carbocycles. The number of ether oxygens (including phenoxy) is 2. The van der Waals surface area contributed by atoms with Crippen LogP contribution in [0.4, 0.5) is 0 Å². The summed E-state index contributed by atoms with van der Waals surface area (Å²) in [6, 6.07) is 4.71. The van der Waals surface area contributed by atoms with Crippen molar-refractivity contribution in [3.63, 3.8) is 0 Å². The van der Waals surface area contributed by atoms with Crippen LogP contribution in [0.1, 0.15) is 54.4 Å². The van der Waals surface area contributed by atoms with Crippen LogP contribution in [0.25, 0.3) is 0 Å². The fourth-order valence-corrected chi connectivity index (χ4v) is 5.29. The molecule has 0 bridgehead atoms. The molecular formula is C19H32N2O4S. The molecule has 0 saturated carbocycles. The smallest absolute Gasteiger partial charge is 0.244 e. The minimum Gasteiger partial charge on any atom is -0.494 e. The first-order valence-electron chi connectivity index (χ1n) is 9.19. The van der Waals surface area contributed by atoms with Crippen LogP contribution >= 0.6 is 0 Å². The highest BCUT2D eigenvalue weighted by Gasteiger charge is 2.39. The Morgan fingerprint density at radius 3 is 2.19 bits per heavy atom. The molecule has 2 N–H and O–H groups in total. The molecule has 26 heavy (non-hydrogen) atoms. The van der Waals surface area contributed by atoms with Crippen LogP contribution in [-0.2, 0) is 10.0 Å². The average molecular weight is 385 g/mol. The lowest BCUT2D eigenvalue weighted by Crippen LogP contribution is -2.62. The predicted molar refractivity (Wildman–Crippen MR) is 103 cm³/mol. The van der Waals surface area contributed by atoms with Crippen molar-refractivity contribution in [3.8, 4) is 11.5 Å². The van der Waals surface area contributed by atoms with Gasteiger partial charge in [-0.3, -0.25) is 0 Å². The molecule has 0 radical (unpaired) electrons. The van der Waals surface area contributed by atoms with Crippen LogP contribution in [-0.4, -0.2) is 38.8 Å². The van der Waals surface area contributed by atoms with Gasteiger partial charge in [0.2, 0.25) is 10.0 Å². The van der Waals surface area contributed by atoms with Gasteiger partial charge in [0.05, 0.1) is 13.2 Å².